The third-order valence-corrected chi connectivity index (χ3v) is 4.07. The summed E-state index contributed by atoms with van der Waals surface area (Å²) in [5.74, 6) is -0.190. The van der Waals surface area contributed by atoms with E-state index in [-0.39, 0.29) is 18.1 Å². The molecule has 27 heavy (non-hydrogen) atoms. The van der Waals surface area contributed by atoms with Crippen LogP contribution in [-0.4, -0.2) is 35.8 Å². The number of para-hydroxylation sites is 1. The van der Waals surface area contributed by atoms with Crippen LogP contribution < -0.4 is 0 Å². The molecule has 1 N–H and O–H groups in total. The summed E-state index contributed by atoms with van der Waals surface area (Å²) in [5, 5.41) is 30.5. The summed E-state index contributed by atoms with van der Waals surface area (Å²) in [5.41, 5.74) is 1.85. The summed E-state index contributed by atoms with van der Waals surface area (Å²) in [6.45, 7) is -0.200. The molecule has 0 aliphatic rings. The van der Waals surface area contributed by atoms with Gasteiger partial charge in [-0.1, -0.05) is 48.5 Å². The average Bonchev–Trinajstić information content (AvgIpc) is 3.25. The number of carbonyl (C=O) groups is 1. The maximum Gasteiger partial charge on any atom is 0.287 e. The van der Waals surface area contributed by atoms with Gasteiger partial charge in [0.05, 0.1) is 5.52 Å². The summed E-state index contributed by atoms with van der Waals surface area (Å²) in [7, 11) is 1.71. The normalized spacial score (nSPS) is 11.4. The van der Waals surface area contributed by atoms with Gasteiger partial charge in [-0.15, -0.1) is 20.4 Å². The number of aryl methyl sites for hydroxylation is 1. The molecule has 0 spiro atoms. The van der Waals surface area contributed by atoms with E-state index >= 15 is 0 Å². The highest BCUT2D eigenvalue weighted by Crippen LogP contribution is 2.37. The van der Waals surface area contributed by atoms with Crippen molar-refractivity contribution in [3.05, 3.63) is 54.6 Å². The van der Waals surface area contributed by atoms with Crippen LogP contribution in [0.3, 0.4) is 0 Å². The van der Waals surface area contributed by atoms with Crippen molar-refractivity contribution >= 4 is 22.5 Å². The molecule has 4 rings (SSSR count). The SMILES string of the molecule is Cn1c(O)c(N=NC(=O)Cn2nnc(-c3ccccc3)n2)c2ccccc21. The number of benzene rings is 2. The highest BCUT2D eigenvalue weighted by molar-refractivity contribution is 5.95. The molecule has 0 aliphatic carbocycles. The molecule has 134 valence electrons. The monoisotopic (exact) mass is 361 g/mol. The van der Waals surface area contributed by atoms with Crippen molar-refractivity contribution in [2.45, 2.75) is 6.54 Å². The van der Waals surface area contributed by atoms with Gasteiger partial charge in [0, 0.05) is 18.0 Å². The number of fused-ring (bicyclic) bond motifs is 1. The van der Waals surface area contributed by atoms with Gasteiger partial charge in [0.15, 0.2) is 5.69 Å². The first-order valence-electron chi connectivity index (χ1n) is 8.17. The largest absolute Gasteiger partial charge is 0.493 e. The van der Waals surface area contributed by atoms with Crippen LogP contribution in [0.1, 0.15) is 0 Å². The van der Waals surface area contributed by atoms with Gasteiger partial charge >= 0.3 is 0 Å². The smallest absolute Gasteiger partial charge is 0.287 e. The van der Waals surface area contributed by atoms with Gasteiger partial charge in [0.25, 0.3) is 5.91 Å². The van der Waals surface area contributed by atoms with Gasteiger partial charge in [-0.2, -0.15) is 4.80 Å². The van der Waals surface area contributed by atoms with Crippen molar-refractivity contribution < 1.29 is 9.90 Å². The second kappa shape index (κ2) is 6.79. The average molecular weight is 361 g/mol. The van der Waals surface area contributed by atoms with Crippen LogP contribution >= 0.6 is 0 Å². The fourth-order valence-corrected chi connectivity index (χ4v) is 2.73. The molecule has 0 radical (unpaired) electrons. The van der Waals surface area contributed by atoms with Crippen LogP contribution in [0.2, 0.25) is 0 Å². The number of amides is 1. The van der Waals surface area contributed by atoms with Crippen molar-refractivity contribution in [1.82, 2.24) is 24.8 Å². The number of aromatic hydroxyl groups is 1. The maximum absolute atomic E-state index is 12.1. The van der Waals surface area contributed by atoms with E-state index in [1.54, 1.807) is 17.7 Å². The van der Waals surface area contributed by atoms with Crippen LogP contribution in [-0.2, 0) is 18.4 Å². The van der Waals surface area contributed by atoms with Gasteiger partial charge in [0.1, 0.15) is 6.54 Å². The third-order valence-electron chi connectivity index (χ3n) is 4.07. The van der Waals surface area contributed by atoms with Crippen LogP contribution in [0, 0.1) is 0 Å². The molecule has 0 aliphatic heterocycles. The molecule has 0 bridgehead atoms. The Morgan fingerprint density at radius 2 is 1.85 bits per heavy atom. The number of rotatable bonds is 4. The summed E-state index contributed by atoms with van der Waals surface area (Å²) >= 11 is 0. The first-order chi connectivity index (χ1) is 13.1. The fraction of sp³-hybridized carbons (Fsp3) is 0.111. The van der Waals surface area contributed by atoms with E-state index < -0.39 is 5.91 Å². The molecule has 9 nitrogen and oxygen atoms in total. The van der Waals surface area contributed by atoms with Gasteiger partial charge in [-0.25, -0.2) is 0 Å². The zero-order valence-electron chi connectivity index (χ0n) is 14.4. The second-order valence-corrected chi connectivity index (χ2v) is 5.85. The second-order valence-electron chi connectivity index (χ2n) is 5.85. The van der Waals surface area contributed by atoms with E-state index in [1.165, 1.54) is 0 Å². The molecule has 4 aromatic rings. The summed E-state index contributed by atoms with van der Waals surface area (Å²) < 4.78 is 1.58. The lowest BCUT2D eigenvalue weighted by atomic mass is 10.2. The predicted octanol–water partition coefficient (Wildman–Crippen LogP) is 2.85. The maximum atomic E-state index is 12.1. The molecule has 0 fully saturated rings. The lowest BCUT2D eigenvalue weighted by molar-refractivity contribution is -0.119. The number of carbonyl (C=O) groups excluding carboxylic acids is 1. The molecule has 0 unspecified atom stereocenters. The Labute approximate surface area is 153 Å². The first kappa shape index (κ1) is 16.6. The molecule has 1 amide bonds. The number of nitrogens with zero attached hydrogens (tertiary/aromatic N) is 7. The molecular weight excluding hydrogens is 346 g/mol. The quantitative estimate of drug-likeness (QED) is 0.562. The molecule has 2 aromatic heterocycles. The van der Waals surface area contributed by atoms with Crippen LogP contribution in [0.15, 0.2) is 64.8 Å². The van der Waals surface area contributed by atoms with Gasteiger partial charge < -0.3 is 9.67 Å². The number of hydrogen-bond donors (Lipinski definition) is 1. The molecule has 0 atom stereocenters. The number of tetrazole rings is 1. The molecule has 2 heterocycles. The fourth-order valence-electron chi connectivity index (χ4n) is 2.73. The van der Waals surface area contributed by atoms with Crippen LogP contribution in [0.4, 0.5) is 5.69 Å². The Morgan fingerprint density at radius 3 is 2.67 bits per heavy atom. The number of aromatic nitrogens is 5. The highest BCUT2D eigenvalue weighted by Gasteiger charge is 2.14. The molecule has 0 saturated carbocycles. The predicted molar refractivity (Wildman–Crippen MR) is 97.4 cm³/mol. The summed E-state index contributed by atoms with van der Waals surface area (Å²) in [6.07, 6.45) is 0. The topological polar surface area (TPSA) is 111 Å². The Bertz CT molecular complexity index is 1150. The third kappa shape index (κ3) is 3.17. The van der Waals surface area contributed by atoms with Crippen molar-refractivity contribution in [3.63, 3.8) is 0 Å². The number of azo groups is 1. The lowest BCUT2D eigenvalue weighted by Gasteiger charge is -1.95. The Kier molecular flexibility index (Phi) is 4.17. The highest BCUT2D eigenvalue weighted by atomic mass is 16.3. The first-order valence-corrected chi connectivity index (χ1v) is 8.17. The van der Waals surface area contributed by atoms with Gasteiger partial charge in [-0.05, 0) is 11.3 Å². The van der Waals surface area contributed by atoms with E-state index in [0.29, 0.717) is 11.2 Å². The minimum absolute atomic E-state index is 0.0574. The number of hydrogen-bond acceptors (Lipinski definition) is 6. The minimum atomic E-state index is -0.556. The molecule has 2 aromatic carbocycles. The van der Waals surface area contributed by atoms with E-state index in [4.69, 9.17) is 0 Å². The van der Waals surface area contributed by atoms with Gasteiger partial charge in [-0.3, -0.25) is 4.79 Å². The summed E-state index contributed by atoms with van der Waals surface area (Å²) in [4.78, 5) is 13.3. The zero-order valence-corrected chi connectivity index (χ0v) is 14.4. The molecule has 9 heteroatoms. The molecular formula is C18H15N7O2. The summed E-state index contributed by atoms with van der Waals surface area (Å²) in [6, 6.07) is 16.7. The van der Waals surface area contributed by atoms with Crippen molar-refractivity contribution in [2.24, 2.45) is 17.3 Å². The van der Waals surface area contributed by atoms with Crippen LogP contribution in [0.5, 0.6) is 5.88 Å². The van der Waals surface area contributed by atoms with Crippen LogP contribution in [0.25, 0.3) is 22.3 Å². The zero-order chi connectivity index (χ0) is 18.8. The van der Waals surface area contributed by atoms with Crippen molar-refractivity contribution in [3.8, 4) is 17.3 Å². The van der Waals surface area contributed by atoms with E-state index in [0.717, 1.165) is 15.9 Å². The molecule has 0 saturated heterocycles. The minimum Gasteiger partial charge on any atom is -0.493 e. The van der Waals surface area contributed by atoms with Gasteiger partial charge in [0.2, 0.25) is 11.7 Å². The Morgan fingerprint density at radius 1 is 1.11 bits per heavy atom. The Hall–Kier alpha value is -3.88. The Balaban J connectivity index is 1.52. The standard InChI is InChI=1S/C18H15N7O2/c1-24-14-10-6-5-9-13(14)16(18(24)27)20-19-15(26)11-25-22-17(21-23-25)12-7-3-2-4-8-12/h2-10,27H,11H2,1H3. The van der Waals surface area contributed by atoms with E-state index in [1.807, 2.05) is 48.5 Å². The van der Waals surface area contributed by atoms with E-state index in [9.17, 15) is 9.90 Å². The van der Waals surface area contributed by atoms with Crippen molar-refractivity contribution in [2.75, 3.05) is 0 Å². The van der Waals surface area contributed by atoms with E-state index in [2.05, 4.69) is 25.6 Å². The lowest BCUT2D eigenvalue weighted by Crippen LogP contribution is -2.10. The van der Waals surface area contributed by atoms with Crippen molar-refractivity contribution in [1.29, 1.82) is 0 Å².